The van der Waals surface area contributed by atoms with Crippen LogP contribution in [0.2, 0.25) is 0 Å². The molecule has 0 unspecified atom stereocenters. The maximum absolute atomic E-state index is 12.3. The van der Waals surface area contributed by atoms with E-state index in [4.69, 9.17) is 23.7 Å². The van der Waals surface area contributed by atoms with Crippen molar-refractivity contribution in [3.05, 3.63) is 71.8 Å². The lowest BCUT2D eigenvalue weighted by atomic mass is 9.97. The number of nitrogens with one attached hydrogen (secondary N) is 1. The first-order valence-electron chi connectivity index (χ1n) is 10.1. The second-order valence-corrected chi connectivity index (χ2v) is 7.17. The van der Waals surface area contributed by atoms with E-state index in [0.29, 0.717) is 5.56 Å². The second kappa shape index (κ2) is 11.6. The molecule has 172 valence electrons. The number of hydrogen-bond donors (Lipinski definition) is 2. The maximum Gasteiger partial charge on any atom is 0.407 e. The molecule has 1 heterocycles. The van der Waals surface area contributed by atoms with Crippen LogP contribution in [0.15, 0.2) is 60.7 Å². The highest BCUT2D eigenvalue weighted by Gasteiger charge is 2.47. The molecule has 2 N–H and O–H groups in total. The van der Waals surface area contributed by atoms with Gasteiger partial charge in [-0.1, -0.05) is 48.5 Å². The lowest BCUT2D eigenvalue weighted by Gasteiger charge is -2.43. The summed E-state index contributed by atoms with van der Waals surface area (Å²) in [6.07, 6.45) is -4.69. The number of esters is 1. The van der Waals surface area contributed by atoms with Gasteiger partial charge in [-0.2, -0.15) is 0 Å². The van der Waals surface area contributed by atoms with Crippen molar-refractivity contribution in [1.29, 1.82) is 0 Å². The summed E-state index contributed by atoms with van der Waals surface area (Å²) in [4.78, 5) is 24.5. The fraction of sp³-hybridized carbons (Fsp3) is 0.391. The first-order valence-corrected chi connectivity index (χ1v) is 10.1. The van der Waals surface area contributed by atoms with E-state index < -0.39 is 42.7 Å². The Hall–Kier alpha value is -2.98. The van der Waals surface area contributed by atoms with Crippen molar-refractivity contribution >= 4 is 12.1 Å². The van der Waals surface area contributed by atoms with Crippen LogP contribution in [0.1, 0.15) is 15.9 Å². The molecule has 1 saturated heterocycles. The molecule has 3 rings (SSSR count). The monoisotopic (exact) mass is 445 g/mol. The lowest BCUT2D eigenvalue weighted by Crippen LogP contribution is -2.65. The predicted octanol–water partition coefficient (Wildman–Crippen LogP) is 1.89. The molecule has 0 bridgehead atoms. The highest BCUT2D eigenvalue weighted by Crippen LogP contribution is 2.24. The van der Waals surface area contributed by atoms with Crippen molar-refractivity contribution < 1.29 is 38.4 Å². The summed E-state index contributed by atoms with van der Waals surface area (Å²) in [6.45, 7) is -0.143. The van der Waals surface area contributed by atoms with Gasteiger partial charge < -0.3 is 34.1 Å². The predicted molar refractivity (Wildman–Crippen MR) is 113 cm³/mol. The Labute approximate surface area is 186 Å². The van der Waals surface area contributed by atoms with Crippen molar-refractivity contribution in [3.63, 3.8) is 0 Å². The summed E-state index contributed by atoms with van der Waals surface area (Å²) in [5.41, 5.74) is 1.21. The third-order valence-corrected chi connectivity index (χ3v) is 5.06. The number of aliphatic hydroxyl groups is 1. The average Bonchev–Trinajstić information content (AvgIpc) is 2.83. The Morgan fingerprint density at radius 3 is 2.25 bits per heavy atom. The largest absolute Gasteiger partial charge is 0.459 e. The molecule has 0 radical (unpaired) electrons. The number of alkyl carbamates (subject to hydrolysis) is 1. The number of methoxy groups -OCH3 is 2. The van der Waals surface area contributed by atoms with Crippen LogP contribution in [-0.4, -0.2) is 68.6 Å². The van der Waals surface area contributed by atoms with Crippen LogP contribution in [0, 0.1) is 0 Å². The van der Waals surface area contributed by atoms with E-state index >= 15 is 0 Å². The molecule has 9 heteroatoms. The fourth-order valence-electron chi connectivity index (χ4n) is 3.41. The minimum atomic E-state index is -1.20. The molecule has 0 aliphatic carbocycles. The molecule has 0 aromatic heterocycles. The van der Waals surface area contributed by atoms with Crippen molar-refractivity contribution in [2.75, 3.05) is 20.8 Å². The summed E-state index contributed by atoms with van der Waals surface area (Å²) >= 11 is 0. The van der Waals surface area contributed by atoms with Crippen LogP contribution in [0.4, 0.5) is 4.79 Å². The summed E-state index contributed by atoms with van der Waals surface area (Å²) in [7, 11) is 2.79. The number of ether oxygens (including phenoxy) is 5. The molecular formula is C23H27NO8. The molecule has 2 aromatic rings. The Morgan fingerprint density at radius 1 is 0.969 bits per heavy atom. The van der Waals surface area contributed by atoms with Gasteiger partial charge in [0.1, 0.15) is 37.6 Å². The van der Waals surface area contributed by atoms with Gasteiger partial charge >= 0.3 is 12.1 Å². The van der Waals surface area contributed by atoms with E-state index in [1.54, 1.807) is 30.3 Å². The van der Waals surface area contributed by atoms with E-state index in [1.807, 2.05) is 30.3 Å². The van der Waals surface area contributed by atoms with Gasteiger partial charge in [0.2, 0.25) is 0 Å². The van der Waals surface area contributed by atoms with Crippen LogP contribution < -0.4 is 5.32 Å². The number of carbonyl (C=O) groups excluding carboxylic acids is 2. The van der Waals surface area contributed by atoms with Gasteiger partial charge in [-0.05, 0) is 17.7 Å². The number of hydrogen-bond acceptors (Lipinski definition) is 8. The Balaban J connectivity index is 1.59. The van der Waals surface area contributed by atoms with Gasteiger partial charge in [-0.3, -0.25) is 0 Å². The zero-order valence-corrected chi connectivity index (χ0v) is 17.9. The zero-order chi connectivity index (χ0) is 22.9. The van der Waals surface area contributed by atoms with E-state index in [9.17, 15) is 14.7 Å². The van der Waals surface area contributed by atoms with Crippen LogP contribution in [0.3, 0.4) is 0 Å². The van der Waals surface area contributed by atoms with Gasteiger partial charge in [-0.25, -0.2) is 9.59 Å². The smallest absolute Gasteiger partial charge is 0.407 e. The van der Waals surface area contributed by atoms with Crippen molar-refractivity contribution in [1.82, 2.24) is 5.32 Å². The zero-order valence-electron chi connectivity index (χ0n) is 17.9. The van der Waals surface area contributed by atoms with Crippen LogP contribution in [-0.2, 0) is 30.3 Å². The van der Waals surface area contributed by atoms with E-state index in [1.165, 1.54) is 14.2 Å². The molecule has 0 spiro atoms. The van der Waals surface area contributed by atoms with Gasteiger partial charge in [0.15, 0.2) is 6.29 Å². The highest BCUT2D eigenvalue weighted by atomic mass is 16.7. The van der Waals surface area contributed by atoms with Crippen LogP contribution in [0.5, 0.6) is 0 Å². The summed E-state index contributed by atoms with van der Waals surface area (Å²) < 4.78 is 27.0. The van der Waals surface area contributed by atoms with Crippen molar-refractivity contribution in [2.45, 2.75) is 37.3 Å². The number of aliphatic hydroxyl groups excluding tert-OH is 1. The Kier molecular flexibility index (Phi) is 8.57. The minimum absolute atomic E-state index is 0.0795. The third kappa shape index (κ3) is 6.04. The molecule has 1 aliphatic rings. The number of amides is 1. The normalized spacial score (nSPS) is 25.0. The third-order valence-electron chi connectivity index (χ3n) is 5.06. The van der Waals surface area contributed by atoms with Gasteiger partial charge in [0.05, 0.1) is 5.56 Å². The second-order valence-electron chi connectivity index (χ2n) is 7.17. The topological polar surface area (TPSA) is 113 Å². The number of benzene rings is 2. The quantitative estimate of drug-likeness (QED) is 0.593. The first kappa shape index (κ1) is 23.7. The molecule has 5 atom stereocenters. The van der Waals surface area contributed by atoms with Gasteiger partial charge in [-0.15, -0.1) is 0 Å². The van der Waals surface area contributed by atoms with Crippen molar-refractivity contribution in [2.24, 2.45) is 0 Å². The minimum Gasteiger partial charge on any atom is -0.459 e. The molecule has 1 fully saturated rings. The summed E-state index contributed by atoms with van der Waals surface area (Å²) in [6, 6.07) is 16.8. The SMILES string of the molecule is CO[C@H]1O[C@H](COC(=O)c2ccccc2)[C@@H](O)[C@H](OC)[C@H]1NC(=O)OCc1ccccc1. The molecule has 1 amide bonds. The lowest BCUT2D eigenvalue weighted by molar-refractivity contribution is -0.265. The van der Waals surface area contributed by atoms with Crippen molar-refractivity contribution in [3.8, 4) is 0 Å². The molecule has 32 heavy (non-hydrogen) atoms. The average molecular weight is 445 g/mol. The van der Waals surface area contributed by atoms with E-state index in [-0.39, 0.29) is 13.2 Å². The molecule has 2 aromatic carbocycles. The molecule has 0 saturated carbocycles. The van der Waals surface area contributed by atoms with E-state index in [0.717, 1.165) is 5.56 Å². The summed E-state index contributed by atoms with van der Waals surface area (Å²) in [5, 5.41) is 13.4. The summed E-state index contributed by atoms with van der Waals surface area (Å²) in [5.74, 6) is -0.547. The number of rotatable bonds is 8. The Morgan fingerprint density at radius 2 is 1.62 bits per heavy atom. The van der Waals surface area contributed by atoms with Crippen LogP contribution >= 0.6 is 0 Å². The molecule has 9 nitrogen and oxygen atoms in total. The van der Waals surface area contributed by atoms with Gasteiger partial charge in [0, 0.05) is 14.2 Å². The number of carbonyl (C=O) groups is 2. The highest BCUT2D eigenvalue weighted by molar-refractivity contribution is 5.89. The molecule has 1 aliphatic heterocycles. The van der Waals surface area contributed by atoms with Gasteiger partial charge in [0.25, 0.3) is 0 Å². The standard InChI is InChI=1S/C23H27NO8/c1-28-20-18(24-23(27)31-13-15-9-5-3-6-10-15)22(29-2)32-17(19(20)25)14-30-21(26)16-11-7-4-8-12-16/h3-12,17-20,22,25H,13-14H2,1-2H3,(H,24,27)/t17-,18-,19-,20-,22+/m1/s1. The maximum atomic E-state index is 12.3. The molecular weight excluding hydrogens is 418 g/mol. The Bertz CT molecular complexity index is 863. The van der Waals surface area contributed by atoms with Crippen LogP contribution in [0.25, 0.3) is 0 Å². The first-order chi connectivity index (χ1) is 15.5. The van der Waals surface area contributed by atoms with E-state index in [2.05, 4.69) is 5.32 Å². The fourth-order valence-corrected chi connectivity index (χ4v) is 3.41.